The van der Waals surface area contributed by atoms with Gasteiger partial charge in [0.25, 0.3) is 0 Å². The van der Waals surface area contributed by atoms with E-state index in [2.05, 4.69) is 0 Å². The maximum atomic E-state index is 12.7. The van der Waals surface area contributed by atoms with E-state index in [1.54, 1.807) is 12.1 Å². The topological polar surface area (TPSA) is 17.1 Å². The van der Waals surface area contributed by atoms with E-state index in [0.717, 1.165) is 11.1 Å². The zero-order chi connectivity index (χ0) is 8.55. The van der Waals surface area contributed by atoms with Gasteiger partial charge in [0.1, 0.15) is 5.82 Å². The van der Waals surface area contributed by atoms with Crippen LogP contribution in [0.4, 0.5) is 4.39 Å². The first-order valence-corrected chi connectivity index (χ1v) is 3.75. The van der Waals surface area contributed by atoms with E-state index in [9.17, 15) is 9.18 Å². The standard InChI is InChI=1S/C10H7FO/c11-9-3-1-7-2-4-10(12)6-8(7)5-9/h1-5H,6H2. The van der Waals surface area contributed by atoms with Crippen molar-refractivity contribution in [2.24, 2.45) is 0 Å². The highest BCUT2D eigenvalue weighted by atomic mass is 19.1. The average Bonchev–Trinajstić information content (AvgIpc) is 2.03. The van der Waals surface area contributed by atoms with Gasteiger partial charge in [0, 0.05) is 6.42 Å². The van der Waals surface area contributed by atoms with Crippen LogP contribution in [0.5, 0.6) is 0 Å². The highest BCUT2D eigenvalue weighted by Crippen LogP contribution is 2.17. The maximum Gasteiger partial charge on any atom is 0.160 e. The van der Waals surface area contributed by atoms with Gasteiger partial charge >= 0.3 is 0 Å². The van der Waals surface area contributed by atoms with Crippen molar-refractivity contribution in [2.45, 2.75) is 6.42 Å². The predicted molar refractivity (Wildman–Crippen MR) is 44.1 cm³/mol. The summed E-state index contributed by atoms with van der Waals surface area (Å²) in [6, 6.07) is 4.50. The molecule has 0 saturated heterocycles. The van der Waals surface area contributed by atoms with Crippen molar-refractivity contribution in [3.05, 3.63) is 41.2 Å². The minimum absolute atomic E-state index is 0.0353. The Hall–Kier alpha value is -1.44. The van der Waals surface area contributed by atoms with E-state index in [1.807, 2.05) is 0 Å². The molecule has 0 amide bonds. The summed E-state index contributed by atoms with van der Waals surface area (Å²) in [5, 5.41) is 0. The van der Waals surface area contributed by atoms with Crippen LogP contribution in [0.25, 0.3) is 6.08 Å². The van der Waals surface area contributed by atoms with Gasteiger partial charge in [0.05, 0.1) is 0 Å². The number of hydrogen-bond acceptors (Lipinski definition) is 1. The van der Waals surface area contributed by atoms with Gasteiger partial charge in [-0.1, -0.05) is 12.1 Å². The molecule has 1 aromatic rings. The summed E-state index contributed by atoms with van der Waals surface area (Å²) in [4.78, 5) is 10.9. The molecule has 1 aliphatic carbocycles. The van der Waals surface area contributed by atoms with Gasteiger partial charge in [0.15, 0.2) is 5.78 Å². The molecule has 0 aliphatic heterocycles. The van der Waals surface area contributed by atoms with Crippen LogP contribution in [-0.4, -0.2) is 5.78 Å². The van der Waals surface area contributed by atoms with E-state index in [0.29, 0.717) is 6.42 Å². The number of ketones is 1. The van der Waals surface area contributed by atoms with Crippen molar-refractivity contribution < 1.29 is 9.18 Å². The van der Waals surface area contributed by atoms with Crippen molar-refractivity contribution in [2.75, 3.05) is 0 Å². The lowest BCUT2D eigenvalue weighted by atomic mass is 9.97. The average molecular weight is 162 g/mol. The summed E-state index contributed by atoms with van der Waals surface area (Å²) in [5.41, 5.74) is 1.72. The molecule has 0 spiro atoms. The number of carbonyl (C=O) groups excluding carboxylic acids is 1. The van der Waals surface area contributed by atoms with E-state index in [-0.39, 0.29) is 11.6 Å². The molecule has 0 aromatic heterocycles. The Labute approximate surface area is 69.5 Å². The lowest BCUT2D eigenvalue weighted by Gasteiger charge is -2.08. The summed E-state index contributed by atoms with van der Waals surface area (Å²) >= 11 is 0. The Balaban J connectivity index is 2.54. The Morgan fingerprint density at radius 1 is 1.25 bits per heavy atom. The molecule has 1 nitrogen and oxygen atoms in total. The zero-order valence-electron chi connectivity index (χ0n) is 6.38. The first-order chi connectivity index (χ1) is 5.75. The molecule has 0 N–H and O–H groups in total. The maximum absolute atomic E-state index is 12.7. The number of fused-ring (bicyclic) bond motifs is 1. The lowest BCUT2D eigenvalue weighted by molar-refractivity contribution is -0.114. The Morgan fingerprint density at radius 2 is 2.08 bits per heavy atom. The third-order valence-corrected chi connectivity index (χ3v) is 1.92. The summed E-state index contributed by atoms with van der Waals surface area (Å²) in [7, 11) is 0. The van der Waals surface area contributed by atoms with Crippen molar-refractivity contribution in [1.82, 2.24) is 0 Å². The minimum atomic E-state index is -0.281. The van der Waals surface area contributed by atoms with E-state index < -0.39 is 0 Å². The normalized spacial score (nSPS) is 14.6. The predicted octanol–water partition coefficient (Wildman–Crippen LogP) is 1.96. The van der Waals surface area contributed by atoms with Gasteiger partial charge < -0.3 is 0 Å². The molecule has 0 saturated carbocycles. The van der Waals surface area contributed by atoms with Crippen molar-refractivity contribution in [3.63, 3.8) is 0 Å². The van der Waals surface area contributed by atoms with Crippen molar-refractivity contribution in [3.8, 4) is 0 Å². The molecule has 0 bridgehead atoms. The van der Waals surface area contributed by atoms with Crippen LogP contribution in [0.2, 0.25) is 0 Å². The molecular formula is C10H7FO. The number of carbonyl (C=O) groups is 1. The molecule has 0 fully saturated rings. The van der Waals surface area contributed by atoms with Crippen LogP contribution in [-0.2, 0) is 11.2 Å². The highest BCUT2D eigenvalue weighted by Gasteiger charge is 2.10. The quantitative estimate of drug-likeness (QED) is 0.570. The summed E-state index contributed by atoms with van der Waals surface area (Å²) < 4.78 is 12.7. The summed E-state index contributed by atoms with van der Waals surface area (Å²) in [6.45, 7) is 0. The zero-order valence-corrected chi connectivity index (χ0v) is 6.38. The SMILES string of the molecule is O=C1C=Cc2ccc(F)cc2C1. The molecule has 2 heteroatoms. The van der Waals surface area contributed by atoms with Crippen molar-refractivity contribution >= 4 is 11.9 Å². The lowest BCUT2D eigenvalue weighted by Crippen LogP contribution is -2.05. The van der Waals surface area contributed by atoms with E-state index in [1.165, 1.54) is 18.2 Å². The molecule has 0 heterocycles. The second-order valence-corrected chi connectivity index (χ2v) is 2.82. The summed E-state index contributed by atoms with van der Waals surface area (Å²) in [5.74, 6) is -0.245. The van der Waals surface area contributed by atoms with Crippen LogP contribution in [0, 0.1) is 5.82 Å². The fourth-order valence-electron chi connectivity index (χ4n) is 1.32. The number of hydrogen-bond donors (Lipinski definition) is 0. The monoisotopic (exact) mass is 162 g/mol. The van der Waals surface area contributed by atoms with E-state index in [4.69, 9.17) is 0 Å². The Bertz CT molecular complexity index is 366. The Kier molecular flexibility index (Phi) is 1.54. The number of rotatable bonds is 0. The number of allylic oxidation sites excluding steroid dienone is 1. The molecule has 1 aromatic carbocycles. The Morgan fingerprint density at radius 3 is 2.92 bits per heavy atom. The molecule has 0 radical (unpaired) electrons. The van der Waals surface area contributed by atoms with Crippen LogP contribution >= 0.6 is 0 Å². The molecule has 12 heavy (non-hydrogen) atoms. The second kappa shape index (κ2) is 2.55. The van der Waals surface area contributed by atoms with Crippen LogP contribution in [0.3, 0.4) is 0 Å². The van der Waals surface area contributed by atoms with Gasteiger partial charge in [-0.2, -0.15) is 0 Å². The fourth-order valence-corrected chi connectivity index (χ4v) is 1.32. The van der Waals surface area contributed by atoms with E-state index >= 15 is 0 Å². The smallest absolute Gasteiger partial charge is 0.160 e. The molecule has 0 unspecified atom stereocenters. The largest absolute Gasteiger partial charge is 0.294 e. The highest BCUT2D eigenvalue weighted by molar-refractivity contribution is 5.98. The second-order valence-electron chi connectivity index (χ2n) is 2.82. The first-order valence-electron chi connectivity index (χ1n) is 3.75. The van der Waals surface area contributed by atoms with Gasteiger partial charge in [-0.15, -0.1) is 0 Å². The molecule has 2 rings (SSSR count). The van der Waals surface area contributed by atoms with Crippen molar-refractivity contribution in [1.29, 1.82) is 0 Å². The van der Waals surface area contributed by atoms with Crippen LogP contribution in [0.15, 0.2) is 24.3 Å². The summed E-state index contributed by atoms with van der Waals surface area (Å²) in [6.07, 6.45) is 3.57. The van der Waals surface area contributed by atoms with Gasteiger partial charge in [0.2, 0.25) is 0 Å². The fraction of sp³-hybridized carbons (Fsp3) is 0.100. The van der Waals surface area contributed by atoms with Gasteiger partial charge in [-0.05, 0) is 29.3 Å². The third-order valence-electron chi connectivity index (χ3n) is 1.92. The van der Waals surface area contributed by atoms with Crippen LogP contribution in [0.1, 0.15) is 11.1 Å². The van der Waals surface area contributed by atoms with Gasteiger partial charge in [-0.25, -0.2) is 4.39 Å². The third kappa shape index (κ3) is 1.16. The molecule has 1 aliphatic rings. The van der Waals surface area contributed by atoms with Gasteiger partial charge in [-0.3, -0.25) is 4.79 Å². The molecular weight excluding hydrogens is 155 g/mol. The number of halogens is 1. The minimum Gasteiger partial charge on any atom is -0.294 e. The molecule has 0 atom stereocenters. The van der Waals surface area contributed by atoms with Crippen LogP contribution < -0.4 is 0 Å². The number of benzene rings is 1. The molecule has 60 valence electrons. The first kappa shape index (κ1) is 7.22.